The predicted molar refractivity (Wildman–Crippen MR) is 247 cm³/mol. The molecule has 55 heavy (non-hydrogen) atoms. The molecule has 0 saturated heterocycles. The van der Waals surface area contributed by atoms with Crippen LogP contribution in [-0.2, 0) is 0 Å². The van der Waals surface area contributed by atoms with E-state index in [9.17, 15) is 0 Å². The smallest absolute Gasteiger partial charge is 0.421 e. The van der Waals surface area contributed by atoms with E-state index in [1.165, 1.54) is 38.5 Å². The van der Waals surface area contributed by atoms with Crippen molar-refractivity contribution in [1.29, 1.82) is 0 Å². The number of hydrogen-bond donors (Lipinski definition) is 0. The quantitative estimate of drug-likeness (QED) is 0.144. The van der Waals surface area contributed by atoms with Crippen molar-refractivity contribution in [2.75, 3.05) is 0 Å². The minimum Gasteiger partial charge on any atom is -0.421 e. The van der Waals surface area contributed by atoms with Crippen molar-refractivity contribution in [3.8, 4) is 0 Å². The maximum Gasteiger partial charge on any atom is 3.00 e. The van der Waals surface area contributed by atoms with E-state index in [0.717, 1.165) is 17.9 Å². The number of nitrogens with zero attached hydrogens (tertiary/aromatic N) is 9. The largest absolute Gasteiger partial charge is 3.00 e. The fourth-order valence-electron chi connectivity index (χ4n) is 6.12. The van der Waals surface area contributed by atoms with E-state index >= 15 is 0 Å². The monoisotopic (exact) mass is 921 g/mol. The van der Waals surface area contributed by atoms with Gasteiger partial charge in [-0.2, -0.15) is 0 Å². The molecule has 10 heteroatoms. The summed E-state index contributed by atoms with van der Waals surface area (Å²) < 4.78 is 0. The van der Waals surface area contributed by atoms with E-state index in [-0.39, 0.29) is 76.2 Å². The van der Waals surface area contributed by atoms with Crippen LogP contribution in [0, 0.1) is 39.9 Å². The van der Waals surface area contributed by atoms with Gasteiger partial charge in [-0.15, -0.1) is 0 Å². The number of guanidine groups is 3. The van der Waals surface area contributed by atoms with Gasteiger partial charge in [0.15, 0.2) is 0 Å². The fraction of sp³-hybridized carbons (Fsp3) is 0.933. The summed E-state index contributed by atoms with van der Waals surface area (Å²) >= 11 is 0. The molecule has 9 nitrogen and oxygen atoms in total. The first-order chi connectivity index (χ1) is 24.8. The molecule has 0 aromatic heterocycles. The van der Waals surface area contributed by atoms with Gasteiger partial charge in [0.1, 0.15) is 0 Å². The molecule has 0 spiro atoms. The van der Waals surface area contributed by atoms with Gasteiger partial charge in [0.05, 0.1) is 0 Å². The van der Waals surface area contributed by atoms with Gasteiger partial charge in [0.2, 0.25) is 0 Å². The average Bonchev–Trinajstić information content (AvgIpc) is 2.96. The van der Waals surface area contributed by atoms with Gasteiger partial charge >= 0.3 is 39.9 Å². The standard InChI is InChI=1S/3C13H28N3.C6H12.Gd/c3*1-9(2)14-13(15-10(3)4)16(11(5)6)12(7)8;1-2-4-6-5-3-1;/h3*9-12H,1-8H3;1-6H2;/q3*-1;;+3. The van der Waals surface area contributed by atoms with E-state index in [1.807, 2.05) is 0 Å². The Kier molecular flexibility index (Phi) is 37.6. The minimum atomic E-state index is 0. The molecule has 0 N–H and O–H groups in total. The molecule has 0 unspecified atom stereocenters. The van der Waals surface area contributed by atoms with Gasteiger partial charge in [-0.3, -0.25) is 0 Å². The van der Waals surface area contributed by atoms with Gasteiger partial charge in [-0.05, 0) is 72.5 Å². The van der Waals surface area contributed by atoms with Crippen molar-refractivity contribution in [3.05, 3.63) is 16.0 Å². The molecular weight excluding hydrogens is 824 g/mol. The second-order valence-corrected chi connectivity index (χ2v) is 18.1. The van der Waals surface area contributed by atoms with Crippen LogP contribution in [0.5, 0.6) is 0 Å². The van der Waals surface area contributed by atoms with Crippen molar-refractivity contribution in [1.82, 2.24) is 14.7 Å². The normalized spacial score (nSPS) is 14.1. The van der Waals surface area contributed by atoms with Crippen molar-refractivity contribution >= 4 is 17.9 Å². The predicted octanol–water partition coefficient (Wildman–Crippen LogP) is 13.3. The van der Waals surface area contributed by atoms with Crippen molar-refractivity contribution in [2.45, 2.75) is 277 Å². The van der Waals surface area contributed by atoms with Crippen LogP contribution in [0.2, 0.25) is 0 Å². The SMILES string of the molecule is C1CCCCC1.CC(C)N=C([N-]C(C)C)N(C(C)C)C(C)C.CC(C)N=C([N-]C(C)C)N(C(C)C)C(C)C.CC(C)N=C([N-]C(C)C)N(C(C)C)C(C)C.[Gd+3]. The Morgan fingerprint density at radius 1 is 0.309 bits per heavy atom. The van der Waals surface area contributed by atoms with Gasteiger partial charge < -0.3 is 45.6 Å². The minimum absolute atomic E-state index is 0. The molecule has 329 valence electrons. The summed E-state index contributed by atoms with van der Waals surface area (Å²) in [7, 11) is 0. The molecule has 0 heterocycles. The summed E-state index contributed by atoms with van der Waals surface area (Å²) in [5, 5.41) is 13.9. The Morgan fingerprint density at radius 2 is 0.455 bits per heavy atom. The van der Waals surface area contributed by atoms with Gasteiger partial charge in [0.25, 0.3) is 0 Å². The maximum absolute atomic E-state index is 4.64. The first-order valence-corrected chi connectivity index (χ1v) is 22.0. The van der Waals surface area contributed by atoms with Gasteiger partial charge in [0, 0.05) is 17.9 Å². The Morgan fingerprint density at radius 3 is 0.545 bits per heavy atom. The van der Waals surface area contributed by atoms with Crippen LogP contribution in [0.4, 0.5) is 0 Å². The molecule has 0 aromatic carbocycles. The Labute approximate surface area is 378 Å². The molecule has 0 amide bonds. The number of hydrogen-bond acceptors (Lipinski definition) is 3. The summed E-state index contributed by atoms with van der Waals surface area (Å²) in [6, 6.07) is 4.32. The van der Waals surface area contributed by atoms with Crippen LogP contribution in [0.25, 0.3) is 16.0 Å². The average molecular weight is 921 g/mol. The van der Waals surface area contributed by atoms with Crippen LogP contribution < -0.4 is 0 Å². The van der Waals surface area contributed by atoms with Gasteiger partial charge in [-0.1, -0.05) is 205 Å². The second-order valence-electron chi connectivity index (χ2n) is 18.1. The zero-order valence-electron chi connectivity index (χ0n) is 41.0. The summed E-state index contributed by atoms with van der Waals surface area (Å²) in [4.78, 5) is 20.7. The molecule has 0 bridgehead atoms. The second kappa shape index (κ2) is 34.0. The molecule has 1 saturated carbocycles. The topological polar surface area (TPSA) is 89.1 Å². The third-order valence-corrected chi connectivity index (χ3v) is 7.77. The summed E-state index contributed by atoms with van der Waals surface area (Å²) in [5.74, 6) is 2.69. The summed E-state index contributed by atoms with van der Waals surface area (Å²) in [5.41, 5.74) is 0. The Balaban J connectivity index is -0.000000325. The van der Waals surface area contributed by atoms with E-state index < -0.39 is 0 Å². The zero-order valence-corrected chi connectivity index (χ0v) is 43.3. The first-order valence-electron chi connectivity index (χ1n) is 22.0. The Bertz CT molecular complexity index is 827. The Hall–Kier alpha value is -0.865. The summed E-state index contributed by atoms with van der Waals surface area (Å²) in [6.07, 6.45) is 9.00. The molecule has 1 fully saturated rings. The van der Waals surface area contributed by atoms with E-state index in [1.54, 1.807) is 0 Å². The number of aliphatic imine (C=N–C) groups is 3. The molecular formula is C45H96GdN9. The van der Waals surface area contributed by atoms with Crippen LogP contribution in [-0.4, -0.2) is 105 Å². The third kappa shape index (κ3) is 32.7. The molecule has 0 aliphatic heterocycles. The first kappa shape index (κ1) is 60.8. The van der Waals surface area contributed by atoms with Crippen molar-refractivity contribution in [2.24, 2.45) is 15.0 Å². The molecule has 1 aliphatic carbocycles. The number of rotatable bonds is 12. The third-order valence-electron chi connectivity index (χ3n) is 7.77. The van der Waals surface area contributed by atoms with E-state index in [2.05, 4.69) is 212 Å². The molecule has 0 atom stereocenters. The van der Waals surface area contributed by atoms with E-state index in [4.69, 9.17) is 0 Å². The van der Waals surface area contributed by atoms with Crippen LogP contribution in [0.1, 0.15) is 205 Å². The van der Waals surface area contributed by atoms with E-state index in [0.29, 0.717) is 36.3 Å². The zero-order chi connectivity index (χ0) is 42.9. The summed E-state index contributed by atoms with van der Waals surface area (Å²) in [6.45, 7) is 51.3. The van der Waals surface area contributed by atoms with Crippen LogP contribution in [0.3, 0.4) is 0 Å². The maximum atomic E-state index is 4.64. The molecule has 1 aliphatic rings. The molecule has 1 radical (unpaired) electrons. The fourth-order valence-corrected chi connectivity index (χ4v) is 6.12. The van der Waals surface area contributed by atoms with Crippen LogP contribution >= 0.6 is 0 Å². The van der Waals surface area contributed by atoms with Crippen molar-refractivity contribution < 1.29 is 39.9 Å². The van der Waals surface area contributed by atoms with Gasteiger partial charge in [-0.25, -0.2) is 0 Å². The van der Waals surface area contributed by atoms with Crippen LogP contribution in [0.15, 0.2) is 15.0 Å². The van der Waals surface area contributed by atoms with Crippen molar-refractivity contribution in [3.63, 3.8) is 0 Å². The molecule has 1 rings (SSSR count). The molecule has 0 aromatic rings.